The van der Waals surface area contributed by atoms with E-state index in [-0.39, 0.29) is 5.91 Å². The third-order valence-electron chi connectivity index (χ3n) is 3.09. The predicted molar refractivity (Wildman–Crippen MR) is 74.0 cm³/mol. The molecule has 1 atom stereocenters. The zero-order valence-electron chi connectivity index (χ0n) is 11.5. The Bertz CT molecular complexity index is 443. The highest BCUT2D eigenvalue weighted by Gasteiger charge is 2.18. The summed E-state index contributed by atoms with van der Waals surface area (Å²) in [5, 5.41) is 11.5. The molecule has 1 aromatic carbocycles. The van der Waals surface area contributed by atoms with Gasteiger partial charge in [0, 0.05) is 6.42 Å². The molecule has 1 unspecified atom stereocenters. The fourth-order valence-electron chi connectivity index (χ4n) is 1.95. The largest absolute Gasteiger partial charge is 0.480 e. The lowest BCUT2D eigenvalue weighted by atomic mass is 10.0. The first-order chi connectivity index (χ1) is 9.04. The lowest BCUT2D eigenvalue weighted by Crippen LogP contribution is -2.40. The zero-order chi connectivity index (χ0) is 14.3. The number of aryl methyl sites for hydroxylation is 2. The third-order valence-corrected chi connectivity index (χ3v) is 3.09. The van der Waals surface area contributed by atoms with E-state index in [2.05, 4.69) is 5.32 Å². The Balaban J connectivity index is 2.47. The van der Waals surface area contributed by atoms with Gasteiger partial charge in [-0.25, -0.2) is 4.79 Å². The van der Waals surface area contributed by atoms with Crippen molar-refractivity contribution in [2.45, 2.75) is 45.6 Å². The van der Waals surface area contributed by atoms with Gasteiger partial charge in [0.25, 0.3) is 0 Å². The Hall–Kier alpha value is -1.84. The average Bonchev–Trinajstić information content (AvgIpc) is 2.37. The van der Waals surface area contributed by atoms with Crippen molar-refractivity contribution in [3.63, 3.8) is 0 Å². The highest BCUT2D eigenvalue weighted by molar-refractivity contribution is 5.83. The molecule has 0 radical (unpaired) electrons. The molecule has 1 amide bonds. The predicted octanol–water partition coefficient (Wildman–Crippen LogP) is 2.30. The molecule has 104 valence electrons. The van der Waals surface area contributed by atoms with E-state index in [0.717, 1.165) is 17.5 Å². The van der Waals surface area contributed by atoms with Gasteiger partial charge in [-0.3, -0.25) is 4.79 Å². The Morgan fingerprint density at radius 2 is 2.00 bits per heavy atom. The van der Waals surface area contributed by atoms with Crippen molar-refractivity contribution < 1.29 is 14.7 Å². The second kappa shape index (κ2) is 7.56. The summed E-state index contributed by atoms with van der Waals surface area (Å²) in [7, 11) is 0. The number of benzene rings is 1. The number of carboxylic acid groups (broad SMARTS) is 1. The third kappa shape index (κ3) is 5.12. The quantitative estimate of drug-likeness (QED) is 0.793. The summed E-state index contributed by atoms with van der Waals surface area (Å²) >= 11 is 0. The first-order valence-corrected chi connectivity index (χ1v) is 6.61. The van der Waals surface area contributed by atoms with Crippen LogP contribution in [-0.4, -0.2) is 23.0 Å². The van der Waals surface area contributed by atoms with Gasteiger partial charge in [-0.05, 0) is 30.9 Å². The maximum atomic E-state index is 11.7. The summed E-state index contributed by atoms with van der Waals surface area (Å²) in [4.78, 5) is 22.7. The van der Waals surface area contributed by atoms with Crippen LogP contribution in [0.4, 0.5) is 0 Å². The molecule has 4 nitrogen and oxygen atoms in total. The topological polar surface area (TPSA) is 66.4 Å². The van der Waals surface area contributed by atoms with Gasteiger partial charge in [0.05, 0.1) is 0 Å². The Kier molecular flexibility index (Phi) is 6.06. The SMILES string of the molecule is CCCC(NC(=O)CCc1ccccc1C)C(=O)O. The van der Waals surface area contributed by atoms with Gasteiger partial charge in [-0.15, -0.1) is 0 Å². The van der Waals surface area contributed by atoms with E-state index >= 15 is 0 Å². The van der Waals surface area contributed by atoms with Crippen LogP contribution < -0.4 is 5.32 Å². The number of hydrogen-bond acceptors (Lipinski definition) is 2. The van der Waals surface area contributed by atoms with E-state index in [1.807, 2.05) is 38.1 Å². The van der Waals surface area contributed by atoms with Crippen LogP contribution in [0.1, 0.15) is 37.3 Å². The van der Waals surface area contributed by atoms with Crippen LogP contribution in [0.25, 0.3) is 0 Å². The van der Waals surface area contributed by atoms with Crippen LogP contribution in [0.2, 0.25) is 0 Å². The number of nitrogens with one attached hydrogen (secondary N) is 1. The van der Waals surface area contributed by atoms with Gasteiger partial charge < -0.3 is 10.4 Å². The molecule has 0 aliphatic rings. The van der Waals surface area contributed by atoms with Crippen molar-refractivity contribution in [3.8, 4) is 0 Å². The number of carboxylic acids is 1. The zero-order valence-corrected chi connectivity index (χ0v) is 11.5. The molecule has 0 aliphatic heterocycles. The first-order valence-electron chi connectivity index (χ1n) is 6.61. The molecule has 0 saturated carbocycles. The average molecular weight is 263 g/mol. The highest BCUT2D eigenvalue weighted by Crippen LogP contribution is 2.09. The van der Waals surface area contributed by atoms with E-state index in [1.54, 1.807) is 0 Å². The minimum absolute atomic E-state index is 0.205. The van der Waals surface area contributed by atoms with Gasteiger partial charge in [-0.1, -0.05) is 37.6 Å². The molecule has 0 aromatic heterocycles. The van der Waals surface area contributed by atoms with Crippen molar-refractivity contribution in [2.24, 2.45) is 0 Å². The van der Waals surface area contributed by atoms with Gasteiger partial charge in [0.15, 0.2) is 0 Å². The summed E-state index contributed by atoms with van der Waals surface area (Å²) in [5.74, 6) is -1.17. The van der Waals surface area contributed by atoms with E-state index in [1.165, 1.54) is 0 Å². The Labute approximate surface area is 113 Å². The molecule has 0 fully saturated rings. The molecule has 1 aromatic rings. The minimum Gasteiger partial charge on any atom is -0.480 e. The summed E-state index contributed by atoms with van der Waals surface area (Å²) in [6.45, 7) is 3.90. The number of carbonyl (C=O) groups is 2. The Morgan fingerprint density at radius 1 is 1.32 bits per heavy atom. The van der Waals surface area contributed by atoms with Gasteiger partial charge in [0.1, 0.15) is 6.04 Å². The molecule has 4 heteroatoms. The van der Waals surface area contributed by atoms with Crippen LogP contribution in [0.15, 0.2) is 24.3 Å². The number of hydrogen-bond donors (Lipinski definition) is 2. The fourth-order valence-corrected chi connectivity index (χ4v) is 1.95. The first kappa shape index (κ1) is 15.2. The smallest absolute Gasteiger partial charge is 0.326 e. The minimum atomic E-state index is -0.967. The van der Waals surface area contributed by atoms with Crippen LogP contribution in [0.5, 0.6) is 0 Å². The van der Waals surface area contributed by atoms with E-state index in [9.17, 15) is 9.59 Å². The lowest BCUT2D eigenvalue weighted by Gasteiger charge is -2.13. The Morgan fingerprint density at radius 3 is 2.58 bits per heavy atom. The van der Waals surface area contributed by atoms with E-state index in [4.69, 9.17) is 5.11 Å². The molecule has 0 bridgehead atoms. The van der Waals surface area contributed by atoms with Gasteiger partial charge in [0.2, 0.25) is 5.91 Å². The van der Waals surface area contributed by atoms with Crippen molar-refractivity contribution in [1.29, 1.82) is 0 Å². The molecule has 2 N–H and O–H groups in total. The molecule has 0 aliphatic carbocycles. The highest BCUT2D eigenvalue weighted by atomic mass is 16.4. The molecule has 0 spiro atoms. The van der Waals surface area contributed by atoms with E-state index in [0.29, 0.717) is 19.3 Å². The number of carbonyl (C=O) groups excluding carboxylic acids is 1. The van der Waals surface area contributed by atoms with E-state index < -0.39 is 12.0 Å². The summed E-state index contributed by atoms with van der Waals surface area (Å²) < 4.78 is 0. The van der Waals surface area contributed by atoms with Crippen LogP contribution in [0, 0.1) is 6.92 Å². The molecular formula is C15H21NO3. The van der Waals surface area contributed by atoms with Crippen LogP contribution >= 0.6 is 0 Å². The standard InChI is InChI=1S/C15H21NO3/c1-3-6-13(15(18)19)16-14(17)10-9-12-8-5-4-7-11(12)2/h4-5,7-8,13H,3,6,9-10H2,1-2H3,(H,16,17)(H,18,19). The second-order valence-electron chi connectivity index (χ2n) is 4.67. The number of aliphatic carboxylic acids is 1. The molecule has 19 heavy (non-hydrogen) atoms. The molecule has 1 rings (SSSR count). The monoisotopic (exact) mass is 263 g/mol. The number of amides is 1. The molecule has 0 heterocycles. The summed E-state index contributed by atoms with van der Waals surface area (Å²) in [6.07, 6.45) is 2.15. The summed E-state index contributed by atoms with van der Waals surface area (Å²) in [5.41, 5.74) is 2.28. The maximum absolute atomic E-state index is 11.7. The molecule has 0 saturated heterocycles. The van der Waals surface area contributed by atoms with Gasteiger partial charge in [-0.2, -0.15) is 0 Å². The van der Waals surface area contributed by atoms with Crippen LogP contribution in [0.3, 0.4) is 0 Å². The van der Waals surface area contributed by atoms with Crippen molar-refractivity contribution in [1.82, 2.24) is 5.32 Å². The summed E-state index contributed by atoms with van der Waals surface area (Å²) in [6, 6.07) is 7.13. The van der Waals surface area contributed by atoms with Crippen molar-refractivity contribution >= 4 is 11.9 Å². The van der Waals surface area contributed by atoms with Crippen LogP contribution in [-0.2, 0) is 16.0 Å². The molecular weight excluding hydrogens is 242 g/mol. The van der Waals surface area contributed by atoms with Crippen molar-refractivity contribution in [2.75, 3.05) is 0 Å². The van der Waals surface area contributed by atoms with Gasteiger partial charge >= 0.3 is 5.97 Å². The lowest BCUT2D eigenvalue weighted by molar-refractivity contribution is -0.142. The fraction of sp³-hybridized carbons (Fsp3) is 0.467. The van der Waals surface area contributed by atoms with Crippen molar-refractivity contribution in [3.05, 3.63) is 35.4 Å². The maximum Gasteiger partial charge on any atom is 0.326 e. The second-order valence-corrected chi connectivity index (χ2v) is 4.67. The normalized spacial score (nSPS) is 11.9. The number of rotatable bonds is 7.